The van der Waals surface area contributed by atoms with Gasteiger partial charge in [0.05, 0.1) is 17.3 Å². The van der Waals surface area contributed by atoms with E-state index in [9.17, 15) is 9.59 Å². The van der Waals surface area contributed by atoms with Crippen LogP contribution in [0.25, 0.3) is 0 Å². The van der Waals surface area contributed by atoms with Gasteiger partial charge in [-0.1, -0.05) is 20.8 Å². The summed E-state index contributed by atoms with van der Waals surface area (Å²) in [5.41, 5.74) is 1.92. The van der Waals surface area contributed by atoms with Crippen molar-refractivity contribution in [1.29, 1.82) is 0 Å². The molecule has 0 spiro atoms. The average Bonchev–Trinajstić information content (AvgIpc) is 2.90. The van der Waals surface area contributed by atoms with Gasteiger partial charge in [-0.3, -0.25) is 14.3 Å². The normalized spacial score (nSPS) is 12.4. The molecular weight excluding hydrogens is 280 g/mol. The Bertz CT molecular complexity index is 715. The van der Waals surface area contributed by atoms with E-state index in [-0.39, 0.29) is 23.4 Å². The summed E-state index contributed by atoms with van der Waals surface area (Å²) >= 11 is 0. The molecule has 0 saturated carbocycles. The first-order valence-corrected chi connectivity index (χ1v) is 7.46. The summed E-state index contributed by atoms with van der Waals surface area (Å²) in [6, 6.07) is 4.74. The van der Waals surface area contributed by atoms with Crippen molar-refractivity contribution < 1.29 is 4.79 Å². The Kier molecular flexibility index (Phi) is 4.80. The second kappa shape index (κ2) is 6.60. The molecule has 0 saturated heterocycles. The highest BCUT2D eigenvalue weighted by atomic mass is 16.2. The summed E-state index contributed by atoms with van der Waals surface area (Å²) in [6.45, 7) is 5.90. The fourth-order valence-corrected chi connectivity index (χ4v) is 2.49. The fraction of sp³-hybridized carbons (Fsp3) is 0.438. The highest BCUT2D eigenvalue weighted by Gasteiger charge is 2.20. The number of hydrogen-bond acceptors (Lipinski definition) is 3. The number of aromatic nitrogens is 3. The Morgan fingerprint density at radius 2 is 2.09 bits per heavy atom. The zero-order valence-corrected chi connectivity index (χ0v) is 13.4. The van der Waals surface area contributed by atoms with Crippen LogP contribution >= 0.6 is 0 Å². The molecule has 1 atom stereocenters. The number of H-pyrrole nitrogens is 1. The summed E-state index contributed by atoms with van der Waals surface area (Å²) in [6.07, 6.45) is 2.47. The molecule has 0 bridgehead atoms. The minimum absolute atomic E-state index is 0.0615. The van der Waals surface area contributed by atoms with Crippen LogP contribution in [0.3, 0.4) is 0 Å². The molecule has 0 aliphatic heterocycles. The smallest absolute Gasteiger partial charge is 0.253 e. The van der Waals surface area contributed by atoms with Crippen LogP contribution in [-0.2, 0) is 7.05 Å². The molecule has 0 aliphatic carbocycles. The maximum absolute atomic E-state index is 12.6. The lowest BCUT2D eigenvalue weighted by Gasteiger charge is -2.19. The lowest BCUT2D eigenvalue weighted by atomic mass is 10.0. The van der Waals surface area contributed by atoms with Crippen LogP contribution in [0.4, 0.5) is 0 Å². The predicted octanol–water partition coefficient (Wildman–Crippen LogP) is 2.11. The zero-order chi connectivity index (χ0) is 16.3. The third kappa shape index (κ3) is 3.27. The molecular formula is C16H22N4O2. The van der Waals surface area contributed by atoms with Gasteiger partial charge in [0.1, 0.15) is 0 Å². The molecule has 2 N–H and O–H groups in total. The van der Waals surface area contributed by atoms with E-state index < -0.39 is 0 Å². The van der Waals surface area contributed by atoms with Crippen LogP contribution < -0.4 is 10.9 Å². The topological polar surface area (TPSA) is 79.8 Å². The molecule has 2 heterocycles. The molecule has 1 amide bonds. The van der Waals surface area contributed by atoms with E-state index in [1.807, 2.05) is 33.9 Å². The van der Waals surface area contributed by atoms with Crippen molar-refractivity contribution in [2.75, 3.05) is 0 Å². The van der Waals surface area contributed by atoms with Gasteiger partial charge in [-0.25, -0.2) is 0 Å². The molecule has 0 radical (unpaired) electrons. The Morgan fingerprint density at radius 3 is 2.64 bits per heavy atom. The highest BCUT2D eigenvalue weighted by molar-refractivity contribution is 5.95. The molecule has 2 aromatic rings. The van der Waals surface area contributed by atoms with Gasteiger partial charge in [-0.15, -0.1) is 0 Å². The molecule has 2 rings (SSSR count). The van der Waals surface area contributed by atoms with Crippen LogP contribution in [0.2, 0.25) is 0 Å². The van der Waals surface area contributed by atoms with Gasteiger partial charge in [0, 0.05) is 25.0 Å². The first-order valence-electron chi connectivity index (χ1n) is 7.46. The van der Waals surface area contributed by atoms with Crippen molar-refractivity contribution in [2.45, 2.75) is 39.2 Å². The molecule has 2 aromatic heterocycles. The average molecular weight is 302 g/mol. The van der Waals surface area contributed by atoms with Gasteiger partial charge in [-0.2, -0.15) is 5.10 Å². The molecule has 0 aliphatic rings. The van der Waals surface area contributed by atoms with Crippen LogP contribution in [0.1, 0.15) is 60.9 Å². The van der Waals surface area contributed by atoms with Crippen molar-refractivity contribution in [3.63, 3.8) is 0 Å². The van der Waals surface area contributed by atoms with Crippen molar-refractivity contribution in [1.82, 2.24) is 20.1 Å². The molecule has 6 heteroatoms. The number of nitrogens with one attached hydrogen (secondary N) is 2. The van der Waals surface area contributed by atoms with E-state index in [1.54, 1.807) is 16.9 Å². The lowest BCUT2D eigenvalue weighted by Crippen LogP contribution is -2.31. The summed E-state index contributed by atoms with van der Waals surface area (Å²) in [4.78, 5) is 26.8. The number of carbonyl (C=O) groups excluding carboxylic acids is 1. The van der Waals surface area contributed by atoms with Crippen molar-refractivity contribution in [3.05, 3.63) is 51.7 Å². The molecule has 22 heavy (non-hydrogen) atoms. The van der Waals surface area contributed by atoms with Gasteiger partial charge in [0.25, 0.3) is 5.91 Å². The number of hydrogen-bond donors (Lipinski definition) is 2. The Labute approximate surface area is 129 Å². The third-order valence-electron chi connectivity index (χ3n) is 3.70. The number of aryl methyl sites for hydroxylation is 1. The van der Waals surface area contributed by atoms with Crippen LogP contribution in [0.15, 0.2) is 29.2 Å². The summed E-state index contributed by atoms with van der Waals surface area (Å²) in [7, 11) is 1.85. The Hall–Kier alpha value is -2.37. The SMILES string of the molecule is CCC(NC(=O)c1ccc(=O)[nH]c1C(C)C)c1ccnn1C. The monoisotopic (exact) mass is 302 g/mol. The van der Waals surface area contributed by atoms with Crippen molar-refractivity contribution in [2.24, 2.45) is 7.05 Å². The highest BCUT2D eigenvalue weighted by Crippen LogP contribution is 2.19. The van der Waals surface area contributed by atoms with E-state index in [4.69, 9.17) is 0 Å². The van der Waals surface area contributed by atoms with E-state index in [0.717, 1.165) is 12.1 Å². The molecule has 1 unspecified atom stereocenters. The third-order valence-corrected chi connectivity index (χ3v) is 3.70. The number of pyridine rings is 1. The first-order chi connectivity index (χ1) is 10.4. The van der Waals surface area contributed by atoms with Crippen molar-refractivity contribution in [3.8, 4) is 0 Å². The van der Waals surface area contributed by atoms with Crippen LogP contribution in [0.5, 0.6) is 0 Å². The Morgan fingerprint density at radius 1 is 1.36 bits per heavy atom. The van der Waals surface area contributed by atoms with E-state index in [0.29, 0.717) is 11.3 Å². The summed E-state index contributed by atoms with van der Waals surface area (Å²) < 4.78 is 1.75. The van der Waals surface area contributed by atoms with Gasteiger partial charge in [-0.05, 0) is 24.5 Å². The molecule has 0 fully saturated rings. The van der Waals surface area contributed by atoms with Crippen LogP contribution in [0, 0.1) is 0 Å². The summed E-state index contributed by atoms with van der Waals surface area (Å²) in [5.74, 6) is -0.126. The predicted molar refractivity (Wildman–Crippen MR) is 84.9 cm³/mol. The van der Waals surface area contributed by atoms with E-state index >= 15 is 0 Å². The second-order valence-electron chi connectivity index (χ2n) is 5.62. The van der Waals surface area contributed by atoms with E-state index in [2.05, 4.69) is 15.4 Å². The van der Waals surface area contributed by atoms with Gasteiger partial charge >= 0.3 is 0 Å². The lowest BCUT2D eigenvalue weighted by molar-refractivity contribution is 0.0932. The maximum Gasteiger partial charge on any atom is 0.253 e. The minimum Gasteiger partial charge on any atom is -0.344 e. The van der Waals surface area contributed by atoms with Gasteiger partial charge < -0.3 is 10.3 Å². The largest absolute Gasteiger partial charge is 0.344 e. The van der Waals surface area contributed by atoms with Crippen LogP contribution in [-0.4, -0.2) is 20.7 Å². The second-order valence-corrected chi connectivity index (χ2v) is 5.62. The number of amides is 1. The van der Waals surface area contributed by atoms with E-state index in [1.165, 1.54) is 6.07 Å². The molecule has 118 valence electrons. The molecule has 6 nitrogen and oxygen atoms in total. The number of aromatic amines is 1. The first kappa shape index (κ1) is 16.0. The standard InChI is InChI=1S/C16H22N4O2/c1-5-12(13-8-9-17-20(13)4)18-16(22)11-6-7-14(21)19-15(11)10(2)3/h6-10,12H,5H2,1-4H3,(H,18,22)(H,19,21). The minimum atomic E-state index is -0.195. The zero-order valence-electron chi connectivity index (χ0n) is 13.4. The van der Waals surface area contributed by atoms with Gasteiger partial charge in [0.15, 0.2) is 0 Å². The number of rotatable bonds is 5. The maximum atomic E-state index is 12.6. The quantitative estimate of drug-likeness (QED) is 0.887. The number of carbonyl (C=O) groups is 1. The summed E-state index contributed by atoms with van der Waals surface area (Å²) in [5, 5.41) is 7.16. The van der Waals surface area contributed by atoms with Gasteiger partial charge in [0.2, 0.25) is 5.56 Å². The van der Waals surface area contributed by atoms with Crippen molar-refractivity contribution >= 4 is 5.91 Å². The Balaban J connectivity index is 2.29. The fourth-order valence-electron chi connectivity index (χ4n) is 2.49. The molecule has 0 aromatic carbocycles. The number of nitrogens with zero attached hydrogens (tertiary/aromatic N) is 2.